The van der Waals surface area contributed by atoms with E-state index in [0.717, 1.165) is 22.3 Å². The van der Waals surface area contributed by atoms with Gasteiger partial charge in [-0.05, 0) is 35.6 Å². The Balaban J connectivity index is 1.53. The fraction of sp³-hybridized carbons (Fsp3) is 0.400. The van der Waals surface area contributed by atoms with E-state index < -0.39 is 30.1 Å². The minimum atomic E-state index is -1.09. The molecule has 8 nitrogen and oxygen atoms in total. The summed E-state index contributed by atoms with van der Waals surface area (Å²) in [6.45, 7) is 4.07. The van der Waals surface area contributed by atoms with Crippen molar-refractivity contribution >= 4 is 18.0 Å². The number of carboxylic acids is 1. The number of amides is 2. The normalized spacial score (nSPS) is 14.0. The third-order valence-electron chi connectivity index (χ3n) is 5.67. The van der Waals surface area contributed by atoms with Crippen LogP contribution in [0.4, 0.5) is 4.79 Å². The van der Waals surface area contributed by atoms with Crippen molar-refractivity contribution in [2.75, 3.05) is 19.8 Å². The highest BCUT2D eigenvalue weighted by molar-refractivity contribution is 5.83. The summed E-state index contributed by atoms with van der Waals surface area (Å²) in [6, 6.07) is 15.2. The van der Waals surface area contributed by atoms with E-state index >= 15 is 0 Å². The molecule has 33 heavy (non-hydrogen) atoms. The molecule has 0 bridgehead atoms. The molecule has 0 saturated heterocycles. The van der Waals surface area contributed by atoms with Crippen molar-refractivity contribution in [2.45, 2.75) is 44.8 Å². The lowest BCUT2D eigenvalue weighted by molar-refractivity contribution is -0.142. The van der Waals surface area contributed by atoms with E-state index in [9.17, 15) is 14.4 Å². The second kappa shape index (κ2) is 11.5. The first-order valence-electron chi connectivity index (χ1n) is 11.2. The zero-order valence-electron chi connectivity index (χ0n) is 18.9. The van der Waals surface area contributed by atoms with Crippen LogP contribution in [0.3, 0.4) is 0 Å². The third kappa shape index (κ3) is 6.10. The molecule has 2 aromatic carbocycles. The van der Waals surface area contributed by atoms with Crippen LogP contribution < -0.4 is 10.6 Å². The van der Waals surface area contributed by atoms with E-state index in [0.29, 0.717) is 6.61 Å². The molecule has 1 aliphatic rings. The summed E-state index contributed by atoms with van der Waals surface area (Å²) in [7, 11) is 0. The van der Waals surface area contributed by atoms with Gasteiger partial charge in [0.05, 0.1) is 12.5 Å². The van der Waals surface area contributed by atoms with Crippen LogP contribution in [0.15, 0.2) is 48.5 Å². The number of aliphatic carboxylic acids is 1. The monoisotopic (exact) mass is 454 g/mol. The van der Waals surface area contributed by atoms with Crippen LogP contribution in [0.2, 0.25) is 0 Å². The molecule has 0 aliphatic heterocycles. The van der Waals surface area contributed by atoms with Gasteiger partial charge in [-0.1, -0.05) is 55.5 Å². The van der Waals surface area contributed by atoms with Gasteiger partial charge in [0.25, 0.3) is 0 Å². The van der Waals surface area contributed by atoms with Crippen LogP contribution >= 0.6 is 0 Å². The molecule has 0 heterocycles. The fourth-order valence-electron chi connectivity index (χ4n) is 4.07. The van der Waals surface area contributed by atoms with Crippen molar-refractivity contribution in [1.29, 1.82) is 0 Å². The van der Waals surface area contributed by atoms with Gasteiger partial charge in [0, 0.05) is 19.1 Å². The molecule has 2 aromatic rings. The lowest BCUT2D eigenvalue weighted by atomic mass is 9.98. The first kappa shape index (κ1) is 24.3. The molecule has 1 aliphatic carbocycles. The van der Waals surface area contributed by atoms with Crippen LogP contribution in [-0.4, -0.2) is 55.0 Å². The summed E-state index contributed by atoms with van der Waals surface area (Å²) >= 11 is 0. The van der Waals surface area contributed by atoms with Gasteiger partial charge in [0.15, 0.2) is 0 Å². The van der Waals surface area contributed by atoms with E-state index in [1.807, 2.05) is 36.4 Å². The summed E-state index contributed by atoms with van der Waals surface area (Å²) in [4.78, 5) is 35.7. The number of carbonyl (C=O) groups excluding carboxylic acids is 2. The Kier molecular flexibility index (Phi) is 8.43. The summed E-state index contributed by atoms with van der Waals surface area (Å²) in [6.07, 6.45) is -0.986. The maximum absolute atomic E-state index is 12.4. The second-order valence-corrected chi connectivity index (χ2v) is 7.85. The first-order valence-corrected chi connectivity index (χ1v) is 11.2. The first-order chi connectivity index (χ1) is 15.9. The number of nitrogens with one attached hydrogen (secondary N) is 2. The van der Waals surface area contributed by atoms with Gasteiger partial charge in [-0.15, -0.1) is 0 Å². The average Bonchev–Trinajstić information content (AvgIpc) is 3.13. The predicted octanol–water partition coefficient (Wildman–Crippen LogP) is 3.30. The van der Waals surface area contributed by atoms with Crippen molar-refractivity contribution in [2.24, 2.45) is 0 Å². The number of carbonyl (C=O) groups is 3. The Hall–Kier alpha value is -3.39. The summed E-state index contributed by atoms with van der Waals surface area (Å²) in [5.74, 6) is -1.58. The largest absolute Gasteiger partial charge is 0.480 e. The van der Waals surface area contributed by atoms with Crippen molar-refractivity contribution in [3.63, 3.8) is 0 Å². The summed E-state index contributed by atoms with van der Waals surface area (Å²) in [5.41, 5.74) is 4.55. The molecule has 8 heteroatoms. The van der Waals surface area contributed by atoms with Crippen LogP contribution in [-0.2, 0) is 19.1 Å². The minimum absolute atomic E-state index is 0.0430. The van der Waals surface area contributed by atoms with Gasteiger partial charge in [0.1, 0.15) is 12.6 Å². The maximum atomic E-state index is 12.4. The third-order valence-corrected chi connectivity index (χ3v) is 5.67. The molecule has 0 aromatic heterocycles. The van der Waals surface area contributed by atoms with Crippen LogP contribution in [0.1, 0.15) is 43.7 Å². The lowest BCUT2D eigenvalue weighted by Gasteiger charge is -2.19. The maximum Gasteiger partial charge on any atom is 0.407 e. The Morgan fingerprint density at radius 2 is 1.61 bits per heavy atom. The van der Waals surface area contributed by atoms with Crippen LogP contribution in [0.25, 0.3) is 11.1 Å². The zero-order chi connectivity index (χ0) is 23.8. The SMILES string of the molecule is CCOC(CNC(=O)OCC1c2ccccc2-c2ccccc21)CC(=O)N[C@H](CC)C(=O)O. The van der Waals surface area contributed by atoms with Crippen molar-refractivity contribution in [1.82, 2.24) is 10.6 Å². The average molecular weight is 455 g/mol. The fourth-order valence-corrected chi connectivity index (χ4v) is 4.07. The quantitative estimate of drug-likeness (QED) is 0.480. The number of hydrogen-bond acceptors (Lipinski definition) is 5. The van der Waals surface area contributed by atoms with E-state index in [-0.39, 0.29) is 31.9 Å². The Labute approximate surface area is 193 Å². The Bertz CT molecular complexity index is 947. The molecule has 1 unspecified atom stereocenters. The number of rotatable bonds is 11. The number of benzene rings is 2. The number of alkyl carbamates (subject to hydrolysis) is 1. The van der Waals surface area contributed by atoms with Gasteiger partial charge < -0.3 is 25.2 Å². The van der Waals surface area contributed by atoms with E-state index in [1.54, 1.807) is 13.8 Å². The van der Waals surface area contributed by atoms with Gasteiger partial charge in [-0.25, -0.2) is 9.59 Å². The van der Waals surface area contributed by atoms with Crippen LogP contribution in [0.5, 0.6) is 0 Å². The van der Waals surface area contributed by atoms with E-state index in [4.69, 9.17) is 14.6 Å². The Morgan fingerprint density at radius 3 is 2.15 bits per heavy atom. The molecule has 0 fully saturated rings. The number of carboxylic acid groups (broad SMARTS) is 1. The molecule has 2 atom stereocenters. The predicted molar refractivity (Wildman–Crippen MR) is 123 cm³/mol. The molecule has 3 N–H and O–H groups in total. The molecular formula is C25H30N2O6. The molecule has 3 rings (SSSR count). The van der Waals surface area contributed by atoms with Gasteiger partial charge in [-0.3, -0.25) is 4.79 Å². The van der Waals surface area contributed by atoms with Crippen LogP contribution in [0, 0.1) is 0 Å². The van der Waals surface area contributed by atoms with E-state index in [2.05, 4.69) is 22.8 Å². The molecule has 176 valence electrons. The summed E-state index contributed by atoms with van der Waals surface area (Å²) < 4.78 is 11.0. The van der Waals surface area contributed by atoms with Gasteiger partial charge in [-0.2, -0.15) is 0 Å². The lowest BCUT2D eigenvalue weighted by Crippen LogP contribution is -2.43. The summed E-state index contributed by atoms with van der Waals surface area (Å²) in [5, 5.41) is 14.2. The molecule has 0 saturated carbocycles. The minimum Gasteiger partial charge on any atom is -0.480 e. The topological polar surface area (TPSA) is 114 Å². The Morgan fingerprint density at radius 1 is 1.00 bits per heavy atom. The zero-order valence-corrected chi connectivity index (χ0v) is 18.9. The van der Waals surface area contributed by atoms with Crippen molar-refractivity contribution < 1.29 is 29.0 Å². The number of fused-ring (bicyclic) bond motifs is 3. The number of hydrogen-bond donors (Lipinski definition) is 3. The molecular weight excluding hydrogens is 424 g/mol. The molecule has 2 amide bonds. The highest BCUT2D eigenvalue weighted by atomic mass is 16.5. The molecule has 0 spiro atoms. The number of ether oxygens (including phenoxy) is 2. The second-order valence-electron chi connectivity index (χ2n) is 7.85. The highest BCUT2D eigenvalue weighted by Gasteiger charge is 2.29. The standard InChI is InChI=1S/C25H30N2O6/c1-3-22(24(29)30)27-23(28)13-16(32-4-2)14-26-25(31)33-15-21-19-11-7-5-9-17(19)18-10-6-8-12-20(18)21/h5-12,16,21-22H,3-4,13-15H2,1-2H3,(H,26,31)(H,27,28)(H,29,30)/t16?,22-/m1/s1. The molecule has 0 radical (unpaired) electrons. The van der Waals surface area contributed by atoms with Gasteiger partial charge >= 0.3 is 12.1 Å². The van der Waals surface area contributed by atoms with Crippen molar-refractivity contribution in [3.05, 3.63) is 59.7 Å². The highest BCUT2D eigenvalue weighted by Crippen LogP contribution is 2.44. The van der Waals surface area contributed by atoms with E-state index in [1.165, 1.54) is 0 Å². The van der Waals surface area contributed by atoms with Gasteiger partial charge in [0.2, 0.25) is 5.91 Å². The van der Waals surface area contributed by atoms with Crippen molar-refractivity contribution in [3.8, 4) is 11.1 Å². The smallest absolute Gasteiger partial charge is 0.407 e.